The third-order valence-electron chi connectivity index (χ3n) is 4.11. The van der Waals surface area contributed by atoms with Crippen LogP contribution < -0.4 is 10.6 Å². The van der Waals surface area contributed by atoms with Gasteiger partial charge in [-0.2, -0.15) is 0 Å². The minimum Gasteiger partial charge on any atom is -0.326 e. The number of rotatable bonds is 3. The van der Waals surface area contributed by atoms with Crippen LogP contribution in [0, 0.1) is 0 Å². The highest BCUT2D eigenvalue weighted by molar-refractivity contribution is 8.01. The van der Waals surface area contributed by atoms with Crippen molar-refractivity contribution in [1.82, 2.24) is 0 Å². The van der Waals surface area contributed by atoms with Gasteiger partial charge in [0.15, 0.2) is 0 Å². The van der Waals surface area contributed by atoms with Crippen molar-refractivity contribution in [3.8, 4) is 0 Å². The van der Waals surface area contributed by atoms with Crippen LogP contribution in [0.3, 0.4) is 0 Å². The SMILES string of the molecule is CC(C)(C)c1ccc(NC(=O)C[C@@H]2Sc3ccccc3NC2=O)cc1. The molecule has 5 heteroatoms. The molecule has 2 aromatic rings. The fourth-order valence-corrected chi connectivity index (χ4v) is 3.77. The molecule has 1 aliphatic rings. The van der Waals surface area contributed by atoms with Crippen LogP contribution in [0.5, 0.6) is 0 Å². The van der Waals surface area contributed by atoms with E-state index in [1.54, 1.807) is 0 Å². The molecule has 2 amide bonds. The van der Waals surface area contributed by atoms with Crippen LogP contribution >= 0.6 is 11.8 Å². The lowest BCUT2D eigenvalue weighted by Gasteiger charge is -2.23. The highest BCUT2D eigenvalue weighted by atomic mass is 32.2. The molecule has 0 bridgehead atoms. The summed E-state index contributed by atoms with van der Waals surface area (Å²) in [4.78, 5) is 25.5. The minimum absolute atomic E-state index is 0.0761. The number of fused-ring (bicyclic) bond motifs is 1. The van der Waals surface area contributed by atoms with E-state index in [1.165, 1.54) is 17.3 Å². The first-order valence-corrected chi connectivity index (χ1v) is 9.18. The quantitative estimate of drug-likeness (QED) is 0.857. The Morgan fingerprint density at radius 3 is 2.48 bits per heavy atom. The fourth-order valence-electron chi connectivity index (χ4n) is 2.66. The second kappa shape index (κ2) is 6.92. The summed E-state index contributed by atoms with van der Waals surface area (Å²) in [6.07, 6.45) is 0.145. The Kier molecular flexibility index (Phi) is 4.86. The molecular formula is C20H22N2O2S. The molecule has 130 valence electrons. The van der Waals surface area contributed by atoms with Gasteiger partial charge < -0.3 is 10.6 Å². The van der Waals surface area contributed by atoms with Crippen molar-refractivity contribution in [2.75, 3.05) is 10.6 Å². The number of benzene rings is 2. The molecule has 4 nitrogen and oxygen atoms in total. The van der Waals surface area contributed by atoms with Crippen LogP contribution in [0.15, 0.2) is 53.4 Å². The van der Waals surface area contributed by atoms with E-state index in [0.29, 0.717) is 0 Å². The summed E-state index contributed by atoms with van der Waals surface area (Å²) >= 11 is 1.44. The highest BCUT2D eigenvalue weighted by Gasteiger charge is 2.28. The Bertz CT molecular complexity index is 794. The third-order valence-corrected chi connectivity index (χ3v) is 5.39. The lowest BCUT2D eigenvalue weighted by molar-refractivity contribution is -0.120. The van der Waals surface area contributed by atoms with Crippen molar-refractivity contribution in [2.24, 2.45) is 0 Å². The van der Waals surface area contributed by atoms with Gasteiger partial charge in [-0.05, 0) is 35.2 Å². The smallest absolute Gasteiger partial charge is 0.238 e. The highest BCUT2D eigenvalue weighted by Crippen LogP contribution is 2.36. The van der Waals surface area contributed by atoms with E-state index in [0.717, 1.165) is 16.3 Å². The molecule has 2 aromatic carbocycles. The van der Waals surface area contributed by atoms with Crippen molar-refractivity contribution < 1.29 is 9.59 Å². The number of anilines is 2. The van der Waals surface area contributed by atoms with E-state index in [-0.39, 0.29) is 23.7 Å². The van der Waals surface area contributed by atoms with Crippen LogP contribution in [-0.2, 0) is 15.0 Å². The van der Waals surface area contributed by atoms with Gasteiger partial charge in [0, 0.05) is 17.0 Å². The molecule has 0 aliphatic carbocycles. The van der Waals surface area contributed by atoms with Gasteiger partial charge in [0.1, 0.15) is 0 Å². The van der Waals surface area contributed by atoms with Gasteiger partial charge in [-0.25, -0.2) is 0 Å². The maximum absolute atomic E-state index is 12.3. The summed E-state index contributed by atoms with van der Waals surface area (Å²) in [5.74, 6) is -0.280. The summed E-state index contributed by atoms with van der Waals surface area (Å²) in [5, 5.41) is 5.33. The first kappa shape index (κ1) is 17.5. The average molecular weight is 354 g/mol. The molecule has 1 aliphatic heterocycles. The zero-order valence-corrected chi connectivity index (χ0v) is 15.4. The second-order valence-corrected chi connectivity index (χ2v) is 8.42. The molecule has 2 N–H and O–H groups in total. The molecule has 1 heterocycles. The molecule has 0 radical (unpaired) electrons. The molecule has 25 heavy (non-hydrogen) atoms. The van der Waals surface area contributed by atoms with E-state index < -0.39 is 5.25 Å². The molecule has 0 saturated carbocycles. The van der Waals surface area contributed by atoms with Crippen LogP contribution in [0.4, 0.5) is 11.4 Å². The molecule has 1 atom stereocenters. The van der Waals surface area contributed by atoms with Crippen LogP contribution in [0.1, 0.15) is 32.8 Å². The van der Waals surface area contributed by atoms with E-state index in [4.69, 9.17) is 0 Å². The number of thioether (sulfide) groups is 1. The van der Waals surface area contributed by atoms with Gasteiger partial charge >= 0.3 is 0 Å². The standard InChI is InChI=1S/C20H22N2O2S/c1-20(2,3)13-8-10-14(11-9-13)21-18(23)12-17-19(24)22-15-6-4-5-7-16(15)25-17/h4-11,17H,12H2,1-3H3,(H,21,23)(H,22,24)/t17-/m0/s1. The van der Waals surface area contributed by atoms with Crippen molar-refractivity contribution in [3.05, 3.63) is 54.1 Å². The number of hydrogen-bond donors (Lipinski definition) is 2. The fraction of sp³-hybridized carbons (Fsp3) is 0.300. The lowest BCUT2D eigenvalue weighted by atomic mass is 9.87. The summed E-state index contributed by atoms with van der Waals surface area (Å²) in [6.45, 7) is 6.45. The molecule has 0 spiro atoms. The predicted octanol–water partition coefficient (Wildman–Crippen LogP) is 4.43. The number of hydrogen-bond acceptors (Lipinski definition) is 3. The first-order chi connectivity index (χ1) is 11.8. The van der Waals surface area contributed by atoms with Gasteiger partial charge in [0.2, 0.25) is 11.8 Å². The number of para-hydroxylation sites is 1. The van der Waals surface area contributed by atoms with Crippen molar-refractivity contribution >= 4 is 35.0 Å². The Labute approximate surface area is 152 Å². The number of carbonyl (C=O) groups is 2. The maximum atomic E-state index is 12.3. The van der Waals surface area contributed by atoms with Crippen molar-refractivity contribution in [2.45, 2.75) is 42.8 Å². The monoisotopic (exact) mass is 354 g/mol. The van der Waals surface area contributed by atoms with Gasteiger partial charge in [-0.1, -0.05) is 45.0 Å². The van der Waals surface area contributed by atoms with Crippen LogP contribution in [0.2, 0.25) is 0 Å². The zero-order valence-electron chi connectivity index (χ0n) is 14.6. The average Bonchev–Trinajstić information content (AvgIpc) is 2.55. The topological polar surface area (TPSA) is 58.2 Å². The molecular weight excluding hydrogens is 332 g/mol. The largest absolute Gasteiger partial charge is 0.326 e. The number of nitrogens with one attached hydrogen (secondary N) is 2. The molecule has 0 unspecified atom stereocenters. The Morgan fingerprint density at radius 1 is 1.12 bits per heavy atom. The Hall–Kier alpha value is -2.27. The first-order valence-electron chi connectivity index (χ1n) is 8.30. The minimum atomic E-state index is -0.413. The Balaban J connectivity index is 1.62. The van der Waals surface area contributed by atoms with Crippen LogP contribution in [-0.4, -0.2) is 17.1 Å². The zero-order chi connectivity index (χ0) is 18.0. The predicted molar refractivity (Wildman–Crippen MR) is 103 cm³/mol. The normalized spacial score (nSPS) is 16.8. The molecule has 0 fully saturated rings. The van der Waals surface area contributed by atoms with Crippen LogP contribution in [0.25, 0.3) is 0 Å². The van der Waals surface area contributed by atoms with E-state index >= 15 is 0 Å². The summed E-state index contributed by atoms with van der Waals surface area (Å²) in [6, 6.07) is 15.5. The van der Waals surface area contributed by atoms with Gasteiger partial charge in [0.25, 0.3) is 0 Å². The second-order valence-electron chi connectivity index (χ2n) is 7.17. The molecule has 0 aromatic heterocycles. The van der Waals surface area contributed by atoms with Gasteiger partial charge in [0.05, 0.1) is 10.9 Å². The van der Waals surface area contributed by atoms with Gasteiger partial charge in [-0.15, -0.1) is 11.8 Å². The van der Waals surface area contributed by atoms with Crippen molar-refractivity contribution in [1.29, 1.82) is 0 Å². The van der Waals surface area contributed by atoms with Crippen molar-refractivity contribution in [3.63, 3.8) is 0 Å². The maximum Gasteiger partial charge on any atom is 0.238 e. The molecule has 0 saturated heterocycles. The summed E-state index contributed by atoms with van der Waals surface area (Å²) < 4.78 is 0. The summed E-state index contributed by atoms with van der Waals surface area (Å²) in [5.41, 5.74) is 2.85. The number of amides is 2. The van der Waals surface area contributed by atoms with E-state index in [2.05, 4.69) is 31.4 Å². The van der Waals surface area contributed by atoms with Gasteiger partial charge in [-0.3, -0.25) is 9.59 Å². The Morgan fingerprint density at radius 2 is 1.80 bits per heavy atom. The summed E-state index contributed by atoms with van der Waals surface area (Å²) in [7, 11) is 0. The third kappa shape index (κ3) is 4.23. The lowest BCUT2D eigenvalue weighted by Crippen LogP contribution is -2.32. The molecule has 3 rings (SSSR count). The van der Waals surface area contributed by atoms with E-state index in [1.807, 2.05) is 48.5 Å². The van der Waals surface area contributed by atoms with E-state index in [9.17, 15) is 9.59 Å². The number of carbonyl (C=O) groups excluding carboxylic acids is 2.